The number of esters is 2. The molecule has 9 nitrogen and oxygen atoms in total. The maximum absolute atomic E-state index is 12.6. The highest BCUT2D eigenvalue weighted by Gasteiger charge is 2.21. The molecule has 0 aromatic carbocycles. The zero-order chi connectivity index (χ0) is 34.3. The summed E-state index contributed by atoms with van der Waals surface area (Å²) in [4.78, 5) is 36.6. The van der Waals surface area contributed by atoms with Gasteiger partial charge in [-0.3, -0.25) is 9.59 Å². The molecule has 0 aliphatic carbocycles. The molecule has 0 fully saturated rings. The van der Waals surface area contributed by atoms with Crippen LogP contribution in [0.5, 0.6) is 0 Å². The Labute approximate surface area is 282 Å². The number of ether oxygens (including phenoxy) is 4. The molecule has 2 atom stereocenters. The second kappa shape index (κ2) is 30.6. The van der Waals surface area contributed by atoms with E-state index in [2.05, 4.69) is 13.8 Å². The third kappa shape index (κ3) is 30.9. The van der Waals surface area contributed by atoms with Gasteiger partial charge in [0, 0.05) is 12.8 Å². The molecule has 0 saturated heterocycles. The van der Waals surface area contributed by atoms with Crippen molar-refractivity contribution in [1.82, 2.24) is 0 Å². The molecule has 9 heteroatoms. The monoisotopic (exact) mass is 658 g/mol. The number of likely N-dealkylation sites (N-methyl/N-ethyl adjacent to an activating group) is 1. The summed E-state index contributed by atoms with van der Waals surface area (Å²) in [5.74, 6) is -2.28. The van der Waals surface area contributed by atoms with Gasteiger partial charge in [0.15, 0.2) is 12.4 Å². The smallest absolute Gasteiger partial charge is 0.306 e. The lowest BCUT2D eigenvalue weighted by Gasteiger charge is -2.26. The van der Waals surface area contributed by atoms with E-state index in [0.717, 1.165) is 38.5 Å². The Morgan fingerprint density at radius 3 is 1.39 bits per heavy atom. The Balaban J connectivity index is 4.54. The summed E-state index contributed by atoms with van der Waals surface area (Å²) in [5, 5.41) is 11.6. The van der Waals surface area contributed by atoms with Crippen LogP contribution in [0.25, 0.3) is 0 Å². The number of carboxylic acids is 1. The van der Waals surface area contributed by atoms with Gasteiger partial charge in [-0.15, -0.1) is 0 Å². The fraction of sp³-hybridized carbons (Fsp3) is 0.919. The number of carboxylic acid groups (broad SMARTS) is 1. The average molecular weight is 658 g/mol. The van der Waals surface area contributed by atoms with E-state index in [1.807, 2.05) is 21.1 Å². The Morgan fingerprint density at radius 1 is 0.565 bits per heavy atom. The Hall–Kier alpha value is -1.71. The Bertz CT molecular complexity index is 739. The molecule has 0 amide bonds. The fourth-order valence-electron chi connectivity index (χ4n) is 5.12. The van der Waals surface area contributed by atoms with Crippen LogP contribution in [0.3, 0.4) is 0 Å². The number of hydrogen-bond acceptors (Lipinski definition) is 8. The van der Waals surface area contributed by atoms with Gasteiger partial charge in [0.05, 0.1) is 40.3 Å². The van der Waals surface area contributed by atoms with E-state index in [1.54, 1.807) is 0 Å². The van der Waals surface area contributed by atoms with E-state index < -0.39 is 24.3 Å². The highest BCUT2D eigenvalue weighted by Crippen LogP contribution is 2.14. The van der Waals surface area contributed by atoms with Crippen LogP contribution in [-0.4, -0.2) is 82.3 Å². The van der Waals surface area contributed by atoms with Crippen LogP contribution >= 0.6 is 0 Å². The quantitative estimate of drug-likeness (QED) is 0.0308. The minimum atomic E-state index is -1.61. The van der Waals surface area contributed by atoms with Gasteiger partial charge in [-0.05, 0) is 12.8 Å². The fourth-order valence-corrected chi connectivity index (χ4v) is 5.12. The SMILES string of the molecule is CCCCCCCCCCCCCCC(=O)OC(COC(=O)CCCCCCCCCCC)COC(OCC[N+](C)(C)C)C(=O)[O-]. The van der Waals surface area contributed by atoms with Crippen molar-refractivity contribution in [2.24, 2.45) is 0 Å². The lowest BCUT2D eigenvalue weighted by atomic mass is 10.0. The number of rotatable bonds is 34. The Kier molecular flexibility index (Phi) is 29.5. The highest BCUT2D eigenvalue weighted by molar-refractivity contribution is 5.70. The number of carbonyl (C=O) groups excluding carboxylic acids is 3. The minimum absolute atomic E-state index is 0.152. The van der Waals surface area contributed by atoms with E-state index in [1.165, 1.54) is 96.3 Å². The largest absolute Gasteiger partial charge is 0.545 e. The van der Waals surface area contributed by atoms with Crippen molar-refractivity contribution in [2.75, 3.05) is 47.5 Å². The molecular formula is C37H71NO8. The summed E-state index contributed by atoms with van der Waals surface area (Å²) >= 11 is 0. The van der Waals surface area contributed by atoms with Crippen molar-refractivity contribution in [3.8, 4) is 0 Å². The molecule has 2 unspecified atom stereocenters. The summed E-state index contributed by atoms with van der Waals surface area (Å²) in [7, 11) is 5.90. The summed E-state index contributed by atoms with van der Waals surface area (Å²) in [6.07, 6.45) is 22.8. The molecule has 0 N–H and O–H groups in total. The number of nitrogens with zero attached hydrogens (tertiary/aromatic N) is 1. The number of carbonyl (C=O) groups is 3. The van der Waals surface area contributed by atoms with Crippen molar-refractivity contribution in [3.05, 3.63) is 0 Å². The second-order valence-corrected chi connectivity index (χ2v) is 13.9. The zero-order valence-electron chi connectivity index (χ0n) is 30.5. The van der Waals surface area contributed by atoms with E-state index in [-0.39, 0.29) is 32.2 Å². The molecule has 272 valence electrons. The normalized spacial score (nSPS) is 13.0. The second-order valence-electron chi connectivity index (χ2n) is 13.9. The van der Waals surface area contributed by atoms with Crippen molar-refractivity contribution in [3.63, 3.8) is 0 Å². The minimum Gasteiger partial charge on any atom is -0.545 e. The molecule has 0 bridgehead atoms. The van der Waals surface area contributed by atoms with Gasteiger partial charge >= 0.3 is 11.9 Å². The number of quaternary nitrogens is 1. The first kappa shape index (κ1) is 44.3. The van der Waals surface area contributed by atoms with Crippen LogP contribution in [0.15, 0.2) is 0 Å². The summed E-state index contributed by atoms with van der Waals surface area (Å²) in [6.45, 7) is 4.70. The third-order valence-electron chi connectivity index (χ3n) is 8.10. The predicted molar refractivity (Wildman–Crippen MR) is 182 cm³/mol. The van der Waals surface area contributed by atoms with Crippen LogP contribution in [0.2, 0.25) is 0 Å². The number of aliphatic carboxylic acids is 1. The van der Waals surface area contributed by atoms with E-state index >= 15 is 0 Å². The van der Waals surface area contributed by atoms with Gasteiger partial charge in [0.25, 0.3) is 0 Å². The first-order valence-electron chi connectivity index (χ1n) is 18.7. The molecular weight excluding hydrogens is 586 g/mol. The van der Waals surface area contributed by atoms with Gasteiger partial charge in [-0.25, -0.2) is 0 Å². The lowest BCUT2D eigenvalue weighted by molar-refractivity contribution is -0.870. The van der Waals surface area contributed by atoms with E-state index in [4.69, 9.17) is 18.9 Å². The highest BCUT2D eigenvalue weighted by atomic mass is 16.7. The molecule has 0 saturated carbocycles. The molecule has 0 aliphatic heterocycles. The van der Waals surface area contributed by atoms with Gasteiger partial charge in [0.1, 0.15) is 13.2 Å². The van der Waals surface area contributed by atoms with Crippen molar-refractivity contribution < 1.29 is 42.9 Å². The Morgan fingerprint density at radius 2 is 0.978 bits per heavy atom. The van der Waals surface area contributed by atoms with Crippen LogP contribution in [0.4, 0.5) is 0 Å². The third-order valence-corrected chi connectivity index (χ3v) is 8.10. The molecule has 0 radical (unpaired) electrons. The first-order chi connectivity index (χ1) is 22.1. The predicted octanol–water partition coefficient (Wildman–Crippen LogP) is 7.27. The summed E-state index contributed by atoms with van der Waals surface area (Å²) in [6, 6.07) is 0. The maximum Gasteiger partial charge on any atom is 0.306 e. The van der Waals surface area contributed by atoms with Crippen LogP contribution in [-0.2, 0) is 33.3 Å². The van der Waals surface area contributed by atoms with Gasteiger partial charge in [-0.2, -0.15) is 0 Å². The van der Waals surface area contributed by atoms with E-state index in [9.17, 15) is 19.5 Å². The summed E-state index contributed by atoms with van der Waals surface area (Å²) in [5.41, 5.74) is 0. The van der Waals surface area contributed by atoms with Crippen molar-refractivity contribution >= 4 is 17.9 Å². The molecule has 0 aromatic heterocycles. The molecule has 0 rings (SSSR count). The lowest BCUT2D eigenvalue weighted by Crippen LogP contribution is -2.44. The molecule has 0 aromatic rings. The standard InChI is InChI=1S/C37H71NO8/c1-6-8-10-12-14-16-17-18-20-22-24-26-28-35(40)46-33(32-45-37(36(41)42)43-30-29-38(3,4)5)31-44-34(39)27-25-23-21-19-15-13-11-9-7-2/h33,37H,6-32H2,1-5H3. The zero-order valence-corrected chi connectivity index (χ0v) is 30.5. The summed E-state index contributed by atoms with van der Waals surface area (Å²) < 4.78 is 22.4. The number of hydrogen-bond donors (Lipinski definition) is 0. The van der Waals surface area contributed by atoms with Gasteiger partial charge < -0.3 is 33.3 Å². The first-order valence-corrected chi connectivity index (χ1v) is 18.7. The van der Waals surface area contributed by atoms with Gasteiger partial charge in [-0.1, -0.05) is 136 Å². The van der Waals surface area contributed by atoms with Crippen LogP contribution in [0.1, 0.15) is 162 Å². The molecule has 0 aliphatic rings. The van der Waals surface area contributed by atoms with Gasteiger partial charge in [0.2, 0.25) is 0 Å². The van der Waals surface area contributed by atoms with Crippen LogP contribution in [0, 0.1) is 0 Å². The number of unbranched alkanes of at least 4 members (excludes halogenated alkanes) is 19. The average Bonchev–Trinajstić information content (AvgIpc) is 3.00. The van der Waals surface area contributed by atoms with Crippen molar-refractivity contribution in [1.29, 1.82) is 0 Å². The molecule has 0 spiro atoms. The van der Waals surface area contributed by atoms with Crippen molar-refractivity contribution in [2.45, 2.75) is 174 Å². The molecule has 0 heterocycles. The topological polar surface area (TPSA) is 111 Å². The van der Waals surface area contributed by atoms with Crippen LogP contribution < -0.4 is 5.11 Å². The van der Waals surface area contributed by atoms with E-state index in [0.29, 0.717) is 17.4 Å². The molecule has 46 heavy (non-hydrogen) atoms. The maximum atomic E-state index is 12.6.